The van der Waals surface area contributed by atoms with Crippen molar-refractivity contribution in [1.29, 1.82) is 0 Å². The monoisotopic (exact) mass is 553 g/mol. The van der Waals surface area contributed by atoms with Gasteiger partial charge in [-0.15, -0.1) is 11.3 Å². The molecule has 1 saturated heterocycles. The Morgan fingerprint density at radius 2 is 1.95 bits per heavy atom. The number of nitrogens with zero attached hydrogens (tertiary/aromatic N) is 3. The van der Waals surface area contributed by atoms with E-state index in [0.717, 1.165) is 44.4 Å². The number of pyridine rings is 1. The molecule has 1 aliphatic heterocycles. The summed E-state index contributed by atoms with van der Waals surface area (Å²) in [7, 11) is 0. The molecule has 0 aromatic carbocycles. The van der Waals surface area contributed by atoms with Gasteiger partial charge in [0.15, 0.2) is 5.01 Å². The van der Waals surface area contributed by atoms with Crippen LogP contribution in [0.3, 0.4) is 0 Å². The van der Waals surface area contributed by atoms with Crippen LogP contribution in [0.4, 0.5) is 19.0 Å². The number of nitrogens with one attached hydrogen (secondary N) is 2. The first-order valence-electron chi connectivity index (χ1n) is 12.9. The van der Waals surface area contributed by atoms with E-state index in [-0.39, 0.29) is 45.6 Å². The van der Waals surface area contributed by atoms with Crippen molar-refractivity contribution in [3.8, 4) is 10.4 Å². The zero-order chi connectivity index (χ0) is 27.8. The fourth-order valence-electron chi connectivity index (χ4n) is 4.73. The van der Waals surface area contributed by atoms with Crippen LogP contribution in [0, 0.1) is 5.92 Å². The molecule has 2 amide bonds. The quantitative estimate of drug-likeness (QED) is 0.427. The molecule has 0 radical (unpaired) electrons. The van der Waals surface area contributed by atoms with Crippen molar-refractivity contribution in [3.05, 3.63) is 28.5 Å². The van der Waals surface area contributed by atoms with E-state index < -0.39 is 29.2 Å². The highest BCUT2D eigenvalue weighted by Crippen LogP contribution is 2.42. The number of alkyl halides is 3. The third-order valence-corrected chi connectivity index (χ3v) is 8.29. The number of hydrogen-bond acceptors (Lipinski definition) is 7. The summed E-state index contributed by atoms with van der Waals surface area (Å²) in [6.45, 7) is 7.19. The summed E-state index contributed by atoms with van der Waals surface area (Å²) in [6.07, 6.45) is 1.09. The Morgan fingerprint density at radius 1 is 1.24 bits per heavy atom. The van der Waals surface area contributed by atoms with Crippen molar-refractivity contribution in [1.82, 2.24) is 20.2 Å². The lowest BCUT2D eigenvalue weighted by atomic mass is 9.80. The first-order chi connectivity index (χ1) is 17.7. The highest BCUT2D eigenvalue weighted by Gasteiger charge is 2.38. The molecule has 3 N–H and O–H groups in total. The first-order valence-corrected chi connectivity index (χ1v) is 13.7. The molecule has 0 spiro atoms. The average molecular weight is 554 g/mol. The maximum atomic E-state index is 14.3. The molecule has 2 aromatic rings. The van der Waals surface area contributed by atoms with Crippen LogP contribution in [-0.2, 0) is 6.18 Å². The van der Waals surface area contributed by atoms with Crippen LogP contribution in [0.25, 0.3) is 10.4 Å². The van der Waals surface area contributed by atoms with Crippen LogP contribution in [0.15, 0.2) is 12.3 Å². The summed E-state index contributed by atoms with van der Waals surface area (Å²) in [4.78, 5) is 36.3. The smallest absolute Gasteiger partial charge is 0.389 e. The second-order valence-corrected chi connectivity index (χ2v) is 11.9. The molecule has 1 unspecified atom stereocenters. The molecule has 4 rings (SSSR count). The topological polar surface area (TPSA) is 107 Å². The number of thiazole rings is 1. The van der Waals surface area contributed by atoms with E-state index in [1.165, 1.54) is 13.8 Å². The number of rotatable bonds is 8. The van der Waals surface area contributed by atoms with Crippen LogP contribution in [0.1, 0.15) is 85.7 Å². The zero-order valence-corrected chi connectivity index (χ0v) is 22.8. The third-order valence-electron chi connectivity index (χ3n) is 7.21. The van der Waals surface area contributed by atoms with Gasteiger partial charge in [0.05, 0.1) is 16.0 Å². The average Bonchev–Trinajstić information content (AvgIpc) is 3.41. The van der Waals surface area contributed by atoms with Crippen LogP contribution < -0.4 is 10.6 Å². The fraction of sp³-hybridized carbons (Fsp3) is 0.615. The number of aromatic nitrogens is 2. The minimum Gasteiger partial charge on any atom is -0.389 e. The largest absolute Gasteiger partial charge is 0.417 e. The van der Waals surface area contributed by atoms with E-state index in [1.54, 1.807) is 4.90 Å². The number of aliphatic hydroxyl groups is 1. The molecule has 1 aliphatic carbocycles. The van der Waals surface area contributed by atoms with Crippen LogP contribution in [-0.4, -0.2) is 62.6 Å². The summed E-state index contributed by atoms with van der Waals surface area (Å²) in [5, 5.41) is 15.4. The second-order valence-electron chi connectivity index (χ2n) is 10.9. The lowest BCUT2D eigenvalue weighted by Crippen LogP contribution is -2.38. The Kier molecular flexibility index (Phi) is 8.04. The number of anilines is 1. The van der Waals surface area contributed by atoms with Gasteiger partial charge >= 0.3 is 6.18 Å². The summed E-state index contributed by atoms with van der Waals surface area (Å²) in [5.74, 6) is -0.698. The third kappa shape index (κ3) is 6.28. The molecule has 2 aromatic heterocycles. The fourth-order valence-corrected chi connectivity index (χ4v) is 5.73. The molecule has 12 heteroatoms. The van der Waals surface area contributed by atoms with Crippen LogP contribution in [0.5, 0.6) is 0 Å². The number of hydrogen-bond donors (Lipinski definition) is 3. The maximum absolute atomic E-state index is 14.3. The Morgan fingerprint density at radius 3 is 2.50 bits per heavy atom. The lowest BCUT2D eigenvalue weighted by Gasteiger charge is -2.32. The Labute approximate surface area is 224 Å². The molecule has 2 fully saturated rings. The molecule has 2 atom stereocenters. The standard InChI is InChI=1S/C26H34F3N5O3S/c1-14-7-6-10-34(14)24(36)20-21(38-23(33-20)22(35)31-13-25(3,4)37)17-12-30-19(11-18(17)26(27,28)29)32-15(2)16-8-5-9-16/h11-12,14-16,37H,5-10,13H2,1-4H3,(H,30,32)(H,31,35)/t14-,15?/m0/s1. The van der Waals surface area contributed by atoms with Crippen molar-refractivity contribution >= 4 is 29.0 Å². The van der Waals surface area contributed by atoms with E-state index >= 15 is 0 Å². The molecule has 2 aliphatic rings. The van der Waals surface area contributed by atoms with E-state index in [2.05, 4.69) is 20.6 Å². The number of carbonyl (C=O) groups excluding carboxylic acids is 2. The first kappa shape index (κ1) is 28.3. The van der Waals surface area contributed by atoms with Crippen molar-refractivity contribution in [2.75, 3.05) is 18.4 Å². The van der Waals surface area contributed by atoms with Crippen molar-refractivity contribution < 1.29 is 27.9 Å². The van der Waals surface area contributed by atoms with Gasteiger partial charge in [-0.2, -0.15) is 13.2 Å². The number of carbonyl (C=O) groups is 2. The van der Waals surface area contributed by atoms with Gasteiger partial charge in [0.2, 0.25) is 0 Å². The Bertz CT molecular complexity index is 1190. The SMILES string of the molecule is CC(Nc1cc(C(F)(F)F)c(-c2sc(C(=O)NCC(C)(C)O)nc2C(=O)N2CCC[C@@H]2C)cn1)C1CCC1. The maximum Gasteiger partial charge on any atom is 0.417 e. The summed E-state index contributed by atoms with van der Waals surface area (Å²) in [5.41, 5.74) is -2.65. The second kappa shape index (κ2) is 10.8. The normalized spacial score (nSPS) is 19.3. The van der Waals surface area contributed by atoms with Gasteiger partial charge in [-0.05, 0) is 65.4 Å². The van der Waals surface area contributed by atoms with Crippen molar-refractivity contribution in [2.45, 2.75) is 83.7 Å². The number of amides is 2. The van der Waals surface area contributed by atoms with Gasteiger partial charge in [-0.25, -0.2) is 9.97 Å². The molecule has 0 bridgehead atoms. The van der Waals surface area contributed by atoms with E-state index in [9.17, 15) is 27.9 Å². The summed E-state index contributed by atoms with van der Waals surface area (Å²) < 4.78 is 43.0. The number of halogens is 3. The highest BCUT2D eigenvalue weighted by atomic mass is 32.1. The van der Waals surface area contributed by atoms with E-state index in [0.29, 0.717) is 23.8 Å². The van der Waals surface area contributed by atoms with Crippen molar-refractivity contribution in [3.63, 3.8) is 0 Å². The van der Waals surface area contributed by atoms with Gasteiger partial charge in [0.25, 0.3) is 11.8 Å². The molecular weight excluding hydrogens is 519 g/mol. The van der Waals surface area contributed by atoms with Gasteiger partial charge in [0.1, 0.15) is 11.5 Å². The minimum atomic E-state index is -4.73. The van der Waals surface area contributed by atoms with Crippen molar-refractivity contribution in [2.24, 2.45) is 5.92 Å². The van der Waals surface area contributed by atoms with Gasteiger partial charge in [-0.1, -0.05) is 6.42 Å². The Balaban J connectivity index is 1.75. The number of likely N-dealkylation sites (tertiary alicyclic amines) is 1. The molecule has 208 valence electrons. The zero-order valence-electron chi connectivity index (χ0n) is 22.0. The van der Waals surface area contributed by atoms with E-state index in [4.69, 9.17) is 0 Å². The van der Waals surface area contributed by atoms with Gasteiger partial charge < -0.3 is 20.6 Å². The summed E-state index contributed by atoms with van der Waals surface area (Å²) in [6, 6.07) is 0.848. The highest BCUT2D eigenvalue weighted by molar-refractivity contribution is 7.17. The minimum absolute atomic E-state index is 0.0218. The molecule has 3 heterocycles. The van der Waals surface area contributed by atoms with Gasteiger partial charge in [0, 0.05) is 36.9 Å². The van der Waals surface area contributed by atoms with Crippen LogP contribution >= 0.6 is 11.3 Å². The molecule has 1 saturated carbocycles. The predicted molar refractivity (Wildman–Crippen MR) is 139 cm³/mol. The van der Waals surface area contributed by atoms with Gasteiger partial charge in [-0.3, -0.25) is 9.59 Å². The lowest BCUT2D eigenvalue weighted by molar-refractivity contribution is -0.137. The van der Waals surface area contributed by atoms with Crippen LogP contribution in [0.2, 0.25) is 0 Å². The predicted octanol–water partition coefficient (Wildman–Crippen LogP) is 4.95. The molecule has 8 nitrogen and oxygen atoms in total. The van der Waals surface area contributed by atoms with E-state index in [1.807, 2.05) is 13.8 Å². The Hall–Kier alpha value is -2.73. The molecular formula is C26H34F3N5O3S. The molecule has 38 heavy (non-hydrogen) atoms. The summed E-state index contributed by atoms with van der Waals surface area (Å²) >= 11 is 0.715.